The van der Waals surface area contributed by atoms with Crippen LogP contribution in [0.1, 0.15) is 36.2 Å². The van der Waals surface area contributed by atoms with E-state index in [1.165, 1.54) is 16.2 Å². The number of nitrogens with zero attached hydrogens (tertiary/aromatic N) is 3. The van der Waals surface area contributed by atoms with Gasteiger partial charge in [0.2, 0.25) is 0 Å². The number of aromatic nitrogens is 2. The molecule has 8 heteroatoms. The molecule has 1 saturated heterocycles. The molecule has 1 N–H and O–H groups in total. The van der Waals surface area contributed by atoms with E-state index in [0.29, 0.717) is 28.7 Å². The summed E-state index contributed by atoms with van der Waals surface area (Å²) in [6.45, 7) is 4.48. The lowest BCUT2D eigenvalue weighted by Crippen LogP contribution is -2.29. The molecular formula is C27H23N3O4S. The molecule has 5 rings (SSSR count). The molecule has 0 saturated carbocycles. The van der Waals surface area contributed by atoms with Crippen molar-refractivity contribution in [3.63, 3.8) is 0 Å². The first-order valence-corrected chi connectivity index (χ1v) is 12.1. The maximum atomic E-state index is 13.3. The fourth-order valence-corrected chi connectivity index (χ4v) is 5.13. The summed E-state index contributed by atoms with van der Waals surface area (Å²) in [7, 11) is 0. The predicted octanol–water partition coefficient (Wildman–Crippen LogP) is 5.41. The highest BCUT2D eigenvalue weighted by atomic mass is 32.1. The molecular weight excluding hydrogens is 462 g/mol. The average Bonchev–Trinajstić information content (AvgIpc) is 3.41. The van der Waals surface area contributed by atoms with Gasteiger partial charge in [-0.3, -0.25) is 19.5 Å². The van der Waals surface area contributed by atoms with Crippen molar-refractivity contribution in [3.8, 4) is 5.75 Å². The zero-order chi connectivity index (χ0) is 24.5. The van der Waals surface area contributed by atoms with E-state index in [-0.39, 0.29) is 11.3 Å². The Kier molecular flexibility index (Phi) is 6.05. The van der Waals surface area contributed by atoms with Gasteiger partial charge in [-0.1, -0.05) is 36.5 Å². The largest absolute Gasteiger partial charge is 0.507 e. The number of thiazole rings is 1. The summed E-state index contributed by atoms with van der Waals surface area (Å²) in [5.41, 5.74) is 2.42. The summed E-state index contributed by atoms with van der Waals surface area (Å²) in [4.78, 5) is 37.0. The van der Waals surface area contributed by atoms with Crippen LogP contribution in [-0.2, 0) is 9.59 Å². The first kappa shape index (κ1) is 22.7. The molecule has 2 aromatic heterocycles. The summed E-state index contributed by atoms with van der Waals surface area (Å²) in [5.74, 6) is -1.07. The van der Waals surface area contributed by atoms with Crippen LogP contribution in [0.2, 0.25) is 0 Å². The Bertz CT molecular complexity index is 1430. The Balaban J connectivity index is 1.65. The topological polar surface area (TPSA) is 92.6 Å². The van der Waals surface area contributed by atoms with Gasteiger partial charge in [0.1, 0.15) is 17.6 Å². The minimum atomic E-state index is -0.909. The number of Topliss-reactive ketones (excluding diaryl/α,β-unsaturated/α-hetero) is 1. The molecule has 1 unspecified atom stereocenters. The number of aliphatic hydroxyl groups excluding tert-OH is 1. The summed E-state index contributed by atoms with van der Waals surface area (Å²) in [6, 6.07) is 17.1. The lowest BCUT2D eigenvalue weighted by Gasteiger charge is -2.22. The van der Waals surface area contributed by atoms with E-state index in [2.05, 4.69) is 9.97 Å². The van der Waals surface area contributed by atoms with E-state index in [9.17, 15) is 14.7 Å². The summed E-state index contributed by atoms with van der Waals surface area (Å²) in [6.07, 6.45) is 2.47. The highest BCUT2D eigenvalue weighted by molar-refractivity contribution is 7.22. The summed E-state index contributed by atoms with van der Waals surface area (Å²) < 4.78 is 6.63. The lowest BCUT2D eigenvalue weighted by atomic mass is 9.97. The van der Waals surface area contributed by atoms with E-state index in [4.69, 9.17) is 4.74 Å². The van der Waals surface area contributed by atoms with Crippen molar-refractivity contribution < 1.29 is 19.4 Å². The van der Waals surface area contributed by atoms with E-state index in [1.54, 1.807) is 42.6 Å². The van der Waals surface area contributed by atoms with Crippen LogP contribution in [0, 0.1) is 6.92 Å². The number of fused-ring (bicyclic) bond motifs is 1. The van der Waals surface area contributed by atoms with Crippen molar-refractivity contribution in [1.29, 1.82) is 0 Å². The number of carbonyl (C=O) groups excluding carboxylic acids is 2. The number of anilines is 1. The number of amides is 1. The van der Waals surface area contributed by atoms with E-state index >= 15 is 0 Å². The number of ether oxygens (including phenoxy) is 1. The van der Waals surface area contributed by atoms with Gasteiger partial charge < -0.3 is 9.84 Å². The van der Waals surface area contributed by atoms with Gasteiger partial charge >= 0.3 is 5.91 Å². The Hall–Kier alpha value is -4.04. The quantitative estimate of drug-likeness (QED) is 0.223. The van der Waals surface area contributed by atoms with Gasteiger partial charge in [-0.2, -0.15) is 0 Å². The van der Waals surface area contributed by atoms with Crippen molar-refractivity contribution in [1.82, 2.24) is 9.97 Å². The molecule has 1 fully saturated rings. The Labute approximate surface area is 206 Å². The number of benzene rings is 2. The van der Waals surface area contributed by atoms with E-state index in [1.807, 2.05) is 38.1 Å². The van der Waals surface area contributed by atoms with Crippen LogP contribution in [-0.4, -0.2) is 33.4 Å². The Morgan fingerprint density at radius 1 is 1.11 bits per heavy atom. The SMILES string of the molecule is CCCOc1ccc(/C(O)=C2\C(=O)C(=O)N(c3nc4ccccc4s3)C2c2ccccn2)cc1C. The molecule has 1 aliphatic heterocycles. The Morgan fingerprint density at radius 2 is 1.91 bits per heavy atom. The van der Waals surface area contributed by atoms with Crippen molar-refractivity contribution >= 4 is 44.1 Å². The van der Waals surface area contributed by atoms with Gasteiger partial charge in [-0.15, -0.1) is 0 Å². The number of hydrogen-bond acceptors (Lipinski definition) is 7. The van der Waals surface area contributed by atoms with Gasteiger partial charge in [0.05, 0.1) is 28.1 Å². The van der Waals surface area contributed by atoms with E-state index in [0.717, 1.165) is 22.2 Å². The van der Waals surface area contributed by atoms with Crippen molar-refractivity contribution in [3.05, 3.63) is 89.3 Å². The highest BCUT2D eigenvalue weighted by Crippen LogP contribution is 2.43. The van der Waals surface area contributed by atoms with Crippen LogP contribution in [0.5, 0.6) is 5.75 Å². The number of rotatable bonds is 6. The van der Waals surface area contributed by atoms with Crippen LogP contribution < -0.4 is 9.64 Å². The van der Waals surface area contributed by atoms with Crippen LogP contribution in [0.25, 0.3) is 16.0 Å². The standard InChI is InChI=1S/C27H23N3O4S/c1-3-14-34-20-12-11-17(15-16(20)2)24(31)22-23(19-9-6-7-13-28-19)30(26(33)25(22)32)27-29-18-8-4-5-10-21(18)35-27/h4-13,15,23,31H,3,14H2,1-2H3/b24-22+. The van der Waals surface area contributed by atoms with Crippen LogP contribution in [0.4, 0.5) is 5.13 Å². The second-order valence-corrected chi connectivity index (χ2v) is 9.23. The third kappa shape index (κ3) is 4.06. The fourth-order valence-electron chi connectivity index (χ4n) is 4.14. The number of hydrogen-bond donors (Lipinski definition) is 1. The van der Waals surface area contributed by atoms with Crippen molar-refractivity contribution in [2.45, 2.75) is 26.3 Å². The van der Waals surface area contributed by atoms with Crippen LogP contribution in [0.15, 0.2) is 72.4 Å². The monoisotopic (exact) mass is 485 g/mol. The Morgan fingerprint density at radius 3 is 2.63 bits per heavy atom. The average molecular weight is 486 g/mol. The second kappa shape index (κ2) is 9.31. The van der Waals surface area contributed by atoms with Gasteiger partial charge in [-0.05, 0) is 61.4 Å². The van der Waals surface area contributed by atoms with Gasteiger partial charge in [0.25, 0.3) is 5.78 Å². The number of pyridine rings is 1. The number of aryl methyl sites for hydroxylation is 1. The maximum Gasteiger partial charge on any atom is 0.301 e. The molecule has 0 spiro atoms. The molecule has 1 aliphatic rings. The van der Waals surface area contributed by atoms with Gasteiger partial charge in [-0.25, -0.2) is 4.98 Å². The predicted molar refractivity (Wildman–Crippen MR) is 136 cm³/mol. The van der Waals surface area contributed by atoms with Gasteiger partial charge in [0.15, 0.2) is 5.13 Å². The zero-order valence-electron chi connectivity index (χ0n) is 19.3. The van der Waals surface area contributed by atoms with Crippen LogP contribution >= 0.6 is 11.3 Å². The lowest BCUT2D eigenvalue weighted by molar-refractivity contribution is -0.132. The molecule has 1 atom stereocenters. The highest BCUT2D eigenvalue weighted by Gasteiger charge is 2.48. The maximum absolute atomic E-state index is 13.3. The molecule has 0 aliphatic carbocycles. The van der Waals surface area contributed by atoms with Crippen molar-refractivity contribution in [2.75, 3.05) is 11.5 Å². The molecule has 4 aromatic rings. The molecule has 0 bridgehead atoms. The molecule has 35 heavy (non-hydrogen) atoms. The number of para-hydroxylation sites is 1. The smallest absolute Gasteiger partial charge is 0.301 e. The molecule has 7 nitrogen and oxygen atoms in total. The fraction of sp³-hybridized carbons (Fsp3) is 0.185. The third-order valence-corrected chi connectivity index (χ3v) is 6.85. The normalized spacial score (nSPS) is 17.3. The molecule has 2 aromatic carbocycles. The number of carbonyl (C=O) groups is 2. The second-order valence-electron chi connectivity index (χ2n) is 8.22. The summed E-state index contributed by atoms with van der Waals surface area (Å²) in [5, 5.41) is 11.7. The van der Waals surface area contributed by atoms with Crippen LogP contribution in [0.3, 0.4) is 0 Å². The first-order valence-electron chi connectivity index (χ1n) is 11.3. The van der Waals surface area contributed by atoms with Crippen molar-refractivity contribution in [2.24, 2.45) is 0 Å². The molecule has 1 amide bonds. The molecule has 0 radical (unpaired) electrons. The number of ketones is 1. The minimum Gasteiger partial charge on any atom is -0.507 e. The minimum absolute atomic E-state index is 0.0189. The number of aliphatic hydroxyl groups is 1. The zero-order valence-corrected chi connectivity index (χ0v) is 20.1. The van der Waals surface area contributed by atoms with Gasteiger partial charge in [0, 0.05) is 11.8 Å². The third-order valence-electron chi connectivity index (χ3n) is 5.81. The van der Waals surface area contributed by atoms with E-state index < -0.39 is 17.7 Å². The molecule has 3 heterocycles. The molecule has 176 valence electrons. The first-order chi connectivity index (χ1) is 17.0. The summed E-state index contributed by atoms with van der Waals surface area (Å²) >= 11 is 1.31.